The van der Waals surface area contributed by atoms with E-state index in [1.54, 1.807) is 42.7 Å². The Morgan fingerprint density at radius 1 is 1.15 bits per heavy atom. The van der Waals surface area contributed by atoms with Gasteiger partial charge in [0.05, 0.1) is 0 Å². The predicted octanol–water partition coefficient (Wildman–Crippen LogP) is 2.10. The summed E-state index contributed by atoms with van der Waals surface area (Å²) in [6.07, 6.45) is 5.56. The third kappa shape index (κ3) is 5.44. The van der Waals surface area contributed by atoms with Gasteiger partial charge in [-0.15, -0.1) is 0 Å². The molecular weight excluding hydrogens is 448 g/mol. The van der Waals surface area contributed by atoms with Crippen molar-refractivity contribution in [3.8, 4) is 22.9 Å². The van der Waals surface area contributed by atoms with E-state index in [1.807, 2.05) is 6.92 Å². The third-order valence-electron chi connectivity index (χ3n) is 5.38. The van der Waals surface area contributed by atoms with E-state index in [0.717, 1.165) is 17.4 Å². The van der Waals surface area contributed by atoms with Gasteiger partial charge < -0.3 is 9.30 Å². The molecule has 2 aromatic heterocycles. The van der Waals surface area contributed by atoms with Crippen LogP contribution in [0.5, 0.6) is 11.8 Å². The highest BCUT2D eigenvalue weighted by Crippen LogP contribution is 2.25. The number of aromatic nitrogens is 3. The van der Waals surface area contributed by atoms with Gasteiger partial charge in [-0.1, -0.05) is 12.1 Å². The predicted molar refractivity (Wildman–Crippen MR) is 121 cm³/mol. The van der Waals surface area contributed by atoms with Crippen molar-refractivity contribution in [3.63, 3.8) is 0 Å². The Morgan fingerprint density at radius 3 is 2.33 bits per heavy atom. The SMILES string of the molecule is Cc1cnc(Oc2ccc(-c3ccn(CCC(C)(C(=O)NO)S(C)(=O)=O)c(=O)c3)cc2)nc1. The average molecular weight is 473 g/mol. The van der Waals surface area contributed by atoms with E-state index >= 15 is 0 Å². The van der Waals surface area contributed by atoms with Crippen LogP contribution in [0.25, 0.3) is 11.1 Å². The zero-order valence-electron chi connectivity index (χ0n) is 18.3. The number of carbonyl (C=O) groups is 1. The molecule has 2 heterocycles. The molecule has 0 radical (unpaired) electrons. The number of hydrogen-bond donors (Lipinski definition) is 2. The maximum atomic E-state index is 12.6. The van der Waals surface area contributed by atoms with Gasteiger partial charge in [-0.25, -0.2) is 23.9 Å². The second-order valence-corrected chi connectivity index (χ2v) is 10.3. The van der Waals surface area contributed by atoms with Gasteiger partial charge in [-0.3, -0.25) is 14.8 Å². The number of benzene rings is 1. The van der Waals surface area contributed by atoms with E-state index in [9.17, 15) is 18.0 Å². The van der Waals surface area contributed by atoms with Crippen molar-refractivity contribution in [2.45, 2.75) is 31.6 Å². The van der Waals surface area contributed by atoms with Crippen LogP contribution in [0.2, 0.25) is 0 Å². The van der Waals surface area contributed by atoms with E-state index in [0.29, 0.717) is 11.3 Å². The fourth-order valence-corrected chi connectivity index (χ4v) is 3.89. The normalized spacial score (nSPS) is 13.2. The average Bonchev–Trinajstić information content (AvgIpc) is 2.78. The molecule has 0 aliphatic rings. The maximum Gasteiger partial charge on any atom is 0.321 e. The largest absolute Gasteiger partial charge is 0.424 e. The molecule has 33 heavy (non-hydrogen) atoms. The van der Waals surface area contributed by atoms with Crippen molar-refractivity contribution in [3.05, 3.63) is 70.9 Å². The van der Waals surface area contributed by atoms with Gasteiger partial charge in [0.15, 0.2) is 14.6 Å². The van der Waals surface area contributed by atoms with Crippen molar-refractivity contribution in [2.24, 2.45) is 0 Å². The summed E-state index contributed by atoms with van der Waals surface area (Å²) in [6.45, 7) is 3.06. The Morgan fingerprint density at radius 2 is 1.79 bits per heavy atom. The number of pyridine rings is 1. The van der Waals surface area contributed by atoms with E-state index in [1.165, 1.54) is 29.2 Å². The molecule has 11 heteroatoms. The lowest BCUT2D eigenvalue weighted by molar-refractivity contribution is -0.131. The molecular formula is C22H24N4O6S. The van der Waals surface area contributed by atoms with Crippen LogP contribution in [0, 0.1) is 6.92 Å². The number of nitrogens with zero attached hydrogens (tertiary/aromatic N) is 3. The minimum atomic E-state index is -3.85. The molecule has 10 nitrogen and oxygen atoms in total. The molecule has 3 rings (SSSR count). The highest BCUT2D eigenvalue weighted by atomic mass is 32.2. The van der Waals surface area contributed by atoms with Gasteiger partial charge in [0.25, 0.3) is 11.5 Å². The van der Waals surface area contributed by atoms with Gasteiger partial charge in [0.1, 0.15) is 5.75 Å². The monoisotopic (exact) mass is 472 g/mol. The van der Waals surface area contributed by atoms with Crippen LogP contribution in [0.15, 0.2) is 59.8 Å². The van der Waals surface area contributed by atoms with E-state index in [-0.39, 0.29) is 24.5 Å². The molecule has 1 amide bonds. The maximum absolute atomic E-state index is 12.6. The molecule has 174 valence electrons. The fourth-order valence-electron chi connectivity index (χ4n) is 3.05. The molecule has 0 spiro atoms. The van der Waals surface area contributed by atoms with Crippen LogP contribution in [-0.4, -0.2) is 45.1 Å². The molecule has 0 fully saturated rings. The first kappa shape index (κ1) is 24.1. The second kappa shape index (κ2) is 9.51. The number of aryl methyl sites for hydroxylation is 2. The zero-order valence-corrected chi connectivity index (χ0v) is 19.2. The summed E-state index contributed by atoms with van der Waals surface area (Å²) in [4.78, 5) is 32.7. The van der Waals surface area contributed by atoms with Gasteiger partial charge in [-0.05, 0) is 55.2 Å². The van der Waals surface area contributed by atoms with Crippen LogP contribution in [0.4, 0.5) is 0 Å². The standard InChI is InChI=1S/C22H24N4O6S/c1-15-13-23-21(24-14-15)32-18-6-4-16(5-7-18)17-8-10-26(19(27)12-17)11-9-22(2,20(28)25-29)33(3,30)31/h4-8,10,12-14,29H,9,11H2,1-3H3,(H,25,28). The summed E-state index contributed by atoms with van der Waals surface area (Å²) in [6, 6.07) is 10.4. The quantitative estimate of drug-likeness (QED) is 0.375. The lowest BCUT2D eigenvalue weighted by Gasteiger charge is -2.25. The van der Waals surface area contributed by atoms with Gasteiger partial charge >= 0.3 is 6.01 Å². The lowest BCUT2D eigenvalue weighted by Crippen LogP contribution is -2.49. The molecule has 0 aliphatic heterocycles. The Kier molecular flexibility index (Phi) is 6.94. The van der Waals surface area contributed by atoms with E-state index < -0.39 is 20.5 Å². The van der Waals surface area contributed by atoms with Crippen molar-refractivity contribution >= 4 is 15.7 Å². The molecule has 1 aromatic carbocycles. The van der Waals surface area contributed by atoms with Crippen molar-refractivity contribution in [2.75, 3.05) is 6.26 Å². The highest BCUT2D eigenvalue weighted by Gasteiger charge is 2.43. The van der Waals surface area contributed by atoms with Crippen molar-refractivity contribution in [1.29, 1.82) is 0 Å². The van der Waals surface area contributed by atoms with Gasteiger partial charge in [0.2, 0.25) is 0 Å². The van der Waals surface area contributed by atoms with Gasteiger partial charge in [-0.2, -0.15) is 0 Å². The van der Waals surface area contributed by atoms with E-state index in [2.05, 4.69) is 9.97 Å². The molecule has 0 bridgehead atoms. The smallest absolute Gasteiger partial charge is 0.321 e. The number of carbonyl (C=O) groups excluding carboxylic acids is 1. The second-order valence-electron chi connectivity index (χ2n) is 7.81. The molecule has 1 unspecified atom stereocenters. The zero-order chi connectivity index (χ0) is 24.2. The summed E-state index contributed by atoms with van der Waals surface area (Å²) in [7, 11) is -3.85. The summed E-state index contributed by atoms with van der Waals surface area (Å²) in [5.41, 5.74) is 3.39. The summed E-state index contributed by atoms with van der Waals surface area (Å²) in [5, 5.41) is 8.91. The first-order valence-electron chi connectivity index (χ1n) is 9.95. The van der Waals surface area contributed by atoms with Crippen LogP contribution < -0.4 is 15.8 Å². The van der Waals surface area contributed by atoms with Crippen LogP contribution in [0.3, 0.4) is 0 Å². The first-order chi connectivity index (χ1) is 15.5. The number of nitrogens with one attached hydrogen (secondary N) is 1. The Hall–Kier alpha value is -3.57. The Labute approximate surface area is 190 Å². The first-order valence-corrected chi connectivity index (χ1v) is 11.8. The Bertz CT molecular complexity index is 1300. The lowest BCUT2D eigenvalue weighted by atomic mass is 10.1. The van der Waals surface area contributed by atoms with Crippen LogP contribution in [0.1, 0.15) is 18.9 Å². The number of sulfone groups is 1. The van der Waals surface area contributed by atoms with Crippen LogP contribution in [-0.2, 0) is 21.2 Å². The summed E-state index contributed by atoms with van der Waals surface area (Å²) < 4.78 is 29.2. The minimum Gasteiger partial charge on any atom is -0.424 e. The Balaban J connectivity index is 1.74. The number of hydroxylamine groups is 1. The topological polar surface area (TPSA) is 140 Å². The fraction of sp³-hybridized carbons (Fsp3) is 0.273. The number of rotatable bonds is 8. The van der Waals surface area contributed by atoms with Crippen molar-refractivity contribution < 1.29 is 23.2 Å². The summed E-state index contributed by atoms with van der Waals surface area (Å²) in [5.74, 6) is -0.508. The minimum absolute atomic E-state index is 0.0283. The molecule has 3 aromatic rings. The number of hydrogen-bond acceptors (Lipinski definition) is 8. The number of amides is 1. The van der Waals surface area contributed by atoms with Crippen LogP contribution >= 0.6 is 0 Å². The van der Waals surface area contributed by atoms with E-state index in [4.69, 9.17) is 9.94 Å². The molecule has 0 aliphatic carbocycles. The van der Waals surface area contributed by atoms with Gasteiger partial charge in [0, 0.05) is 37.5 Å². The van der Waals surface area contributed by atoms with Crippen molar-refractivity contribution in [1.82, 2.24) is 20.0 Å². The molecule has 2 N–H and O–H groups in total. The number of ether oxygens (including phenoxy) is 1. The molecule has 1 atom stereocenters. The summed E-state index contributed by atoms with van der Waals surface area (Å²) >= 11 is 0. The molecule has 0 saturated heterocycles. The third-order valence-corrected chi connectivity index (χ3v) is 7.41. The molecule has 0 saturated carbocycles. The highest BCUT2D eigenvalue weighted by molar-refractivity contribution is 7.92.